The van der Waals surface area contributed by atoms with Crippen molar-refractivity contribution in [2.75, 3.05) is 55.4 Å². The van der Waals surface area contributed by atoms with Crippen LogP contribution in [-0.2, 0) is 14.8 Å². The maximum Gasteiger partial charge on any atom is 0.296 e. The Labute approximate surface area is 227 Å². The van der Waals surface area contributed by atoms with Crippen LogP contribution in [0.25, 0.3) is 16.9 Å². The number of sulfonamides is 1. The number of rotatable bonds is 6. The topological polar surface area (TPSA) is 114 Å². The van der Waals surface area contributed by atoms with E-state index in [4.69, 9.17) is 9.72 Å². The van der Waals surface area contributed by atoms with Crippen LogP contribution in [0.4, 0.5) is 20.5 Å². The van der Waals surface area contributed by atoms with E-state index in [9.17, 15) is 17.2 Å². The molecule has 0 radical (unpaired) electrons. The number of hydrogen-bond donors (Lipinski definition) is 2. The molecular weight excluding hydrogens is 528 g/mol. The van der Waals surface area contributed by atoms with Gasteiger partial charge in [-0.15, -0.1) is 0 Å². The number of nitrogens with one attached hydrogen (secondary N) is 2. The fourth-order valence-electron chi connectivity index (χ4n) is 5.19. The average molecular weight is 564 g/mol. The van der Waals surface area contributed by atoms with Gasteiger partial charge in [0, 0.05) is 32.2 Å². The number of ether oxygens (including phenoxy) is 1. The van der Waals surface area contributed by atoms with Crippen molar-refractivity contribution >= 4 is 32.8 Å². The zero-order valence-electron chi connectivity index (χ0n) is 21.9. The maximum absolute atomic E-state index is 13.9. The Hall–Kier alpha value is -2.90. The fraction of sp³-hybridized carbons (Fsp3) is 0.577. The third-order valence-corrected chi connectivity index (χ3v) is 8.70. The van der Waals surface area contributed by atoms with Crippen LogP contribution in [-0.4, -0.2) is 73.1 Å². The summed E-state index contributed by atoms with van der Waals surface area (Å²) in [7, 11) is -2.80. The summed E-state index contributed by atoms with van der Waals surface area (Å²) >= 11 is 0. The van der Waals surface area contributed by atoms with Gasteiger partial charge < -0.3 is 15.0 Å². The van der Waals surface area contributed by atoms with Crippen molar-refractivity contribution in [3.63, 3.8) is 0 Å². The second-order valence-electron chi connectivity index (χ2n) is 10.1. The van der Waals surface area contributed by atoms with Crippen LogP contribution in [0.3, 0.4) is 0 Å². The lowest BCUT2D eigenvalue weighted by Crippen LogP contribution is -2.37. The lowest BCUT2D eigenvalue weighted by atomic mass is 9.89. The van der Waals surface area contributed by atoms with Gasteiger partial charge in [-0.1, -0.05) is 31.4 Å². The van der Waals surface area contributed by atoms with Gasteiger partial charge in [0.2, 0.25) is 16.0 Å². The van der Waals surface area contributed by atoms with Gasteiger partial charge >= 0.3 is 0 Å². The van der Waals surface area contributed by atoms with E-state index in [1.165, 1.54) is 36.7 Å². The molecule has 2 saturated heterocycles. The van der Waals surface area contributed by atoms with Gasteiger partial charge in [0.05, 0.1) is 30.0 Å². The van der Waals surface area contributed by atoms with Gasteiger partial charge in [-0.2, -0.15) is 9.97 Å². The van der Waals surface area contributed by atoms with E-state index in [0.29, 0.717) is 73.1 Å². The number of nitrogens with zero attached hydrogens (tertiary/aromatic N) is 5. The quantitative estimate of drug-likeness (QED) is 0.464. The number of fused-ring (bicyclic) bond motifs is 1. The van der Waals surface area contributed by atoms with Gasteiger partial charge in [-0.25, -0.2) is 26.9 Å². The molecule has 4 heterocycles. The summed E-state index contributed by atoms with van der Waals surface area (Å²) in [5.74, 6) is 2.17. The summed E-state index contributed by atoms with van der Waals surface area (Å²) in [4.78, 5) is 15.7. The molecule has 0 bridgehead atoms. The zero-order valence-corrected chi connectivity index (χ0v) is 22.7. The number of benzene rings is 1. The molecular formula is C26H35F2N7O3S. The van der Waals surface area contributed by atoms with Gasteiger partial charge in [0.25, 0.3) is 6.43 Å². The molecule has 1 saturated carbocycles. The molecule has 0 spiro atoms. The summed E-state index contributed by atoms with van der Waals surface area (Å²) in [6.07, 6.45) is 4.25. The highest BCUT2D eigenvalue weighted by atomic mass is 32.2. The van der Waals surface area contributed by atoms with Crippen molar-refractivity contribution < 1.29 is 21.9 Å². The fourth-order valence-corrected chi connectivity index (χ4v) is 6.31. The van der Waals surface area contributed by atoms with Crippen molar-refractivity contribution in [2.24, 2.45) is 5.92 Å². The second kappa shape index (κ2) is 12.5. The Kier molecular flexibility index (Phi) is 8.88. The first-order chi connectivity index (χ1) is 18.9. The third-order valence-electron chi connectivity index (χ3n) is 7.23. The average Bonchev–Trinajstić information content (AvgIpc) is 3.56. The van der Waals surface area contributed by atoms with E-state index in [1.807, 2.05) is 6.07 Å². The molecule has 3 fully saturated rings. The van der Waals surface area contributed by atoms with E-state index >= 15 is 0 Å². The van der Waals surface area contributed by atoms with E-state index in [-0.39, 0.29) is 5.82 Å². The molecule has 212 valence electrons. The van der Waals surface area contributed by atoms with Crippen molar-refractivity contribution in [3.05, 3.63) is 36.2 Å². The Balaban J connectivity index is 0.000000384. The van der Waals surface area contributed by atoms with Crippen molar-refractivity contribution in [3.8, 4) is 5.82 Å². The number of anilines is 2. The summed E-state index contributed by atoms with van der Waals surface area (Å²) in [6.45, 7) is 4.04. The molecule has 13 heteroatoms. The lowest BCUT2D eigenvalue weighted by molar-refractivity contribution is 0.122. The monoisotopic (exact) mass is 563 g/mol. The molecule has 6 rings (SSSR count). The van der Waals surface area contributed by atoms with E-state index in [0.717, 1.165) is 13.0 Å². The van der Waals surface area contributed by atoms with Crippen LogP contribution in [0.2, 0.25) is 0 Å². The Morgan fingerprint density at radius 1 is 1.03 bits per heavy atom. The number of para-hydroxylation sites is 2. The largest absolute Gasteiger partial charge is 0.378 e. The standard InChI is InChI=1S/C23H28F2N6O.C3H7NO2S/c24-21(25)22-27-17-8-4-5-9-18(17)31(22)20-14-19(30-10-12-32-13-11-30)28-23(29-20)26-15-16-6-2-1-3-7-16;5-7(6)3-1-2-4-7/h4-5,8-9,14,16,21H,1-3,6-7,10-13,15H2,(H,26,28,29);4H,1-3H2. The Bertz CT molecular complexity index is 1340. The smallest absolute Gasteiger partial charge is 0.296 e. The molecule has 0 unspecified atom stereocenters. The van der Waals surface area contributed by atoms with Crippen LogP contribution in [0.5, 0.6) is 0 Å². The number of morpholine rings is 1. The minimum Gasteiger partial charge on any atom is -0.378 e. The van der Waals surface area contributed by atoms with Gasteiger partial charge in [-0.05, 0) is 37.3 Å². The number of hydrogen-bond acceptors (Lipinski definition) is 8. The molecule has 0 amide bonds. The van der Waals surface area contributed by atoms with Crippen LogP contribution < -0.4 is 14.9 Å². The molecule has 2 N–H and O–H groups in total. The maximum atomic E-state index is 13.9. The highest BCUT2D eigenvalue weighted by Gasteiger charge is 2.23. The first kappa shape index (κ1) is 27.7. The van der Waals surface area contributed by atoms with Crippen LogP contribution >= 0.6 is 0 Å². The summed E-state index contributed by atoms with van der Waals surface area (Å²) in [5, 5.41) is 3.39. The van der Waals surface area contributed by atoms with Crippen LogP contribution in [0.15, 0.2) is 30.3 Å². The normalized spacial score (nSPS) is 19.7. The zero-order chi connectivity index (χ0) is 27.2. The molecule has 1 aliphatic carbocycles. The minimum absolute atomic E-state index is 0.309. The molecule has 10 nitrogen and oxygen atoms in total. The minimum atomic E-state index is -2.80. The third kappa shape index (κ3) is 7.00. The SMILES string of the molecule is FC(F)c1nc2ccccc2n1-c1cc(N2CCOCC2)nc(NCC2CCCCC2)n1.O=S1(=O)CCCN1. The van der Waals surface area contributed by atoms with E-state index < -0.39 is 16.4 Å². The molecule has 0 atom stereocenters. The molecule has 39 heavy (non-hydrogen) atoms. The highest BCUT2D eigenvalue weighted by Crippen LogP contribution is 2.30. The molecule has 3 aliphatic rings. The Morgan fingerprint density at radius 2 is 1.77 bits per heavy atom. The number of imidazole rings is 1. The van der Waals surface area contributed by atoms with E-state index in [2.05, 4.69) is 24.9 Å². The first-order valence-electron chi connectivity index (χ1n) is 13.6. The summed E-state index contributed by atoms with van der Waals surface area (Å²) in [6, 6.07) is 8.92. The Morgan fingerprint density at radius 3 is 2.44 bits per heavy atom. The van der Waals surface area contributed by atoms with Crippen LogP contribution in [0.1, 0.15) is 50.8 Å². The van der Waals surface area contributed by atoms with Gasteiger partial charge in [-0.3, -0.25) is 4.57 Å². The molecule has 3 aromatic rings. The predicted octanol–water partition coefficient (Wildman–Crippen LogP) is 3.89. The van der Waals surface area contributed by atoms with Gasteiger partial charge in [0.1, 0.15) is 11.6 Å². The predicted molar refractivity (Wildman–Crippen MR) is 146 cm³/mol. The first-order valence-corrected chi connectivity index (χ1v) is 15.2. The van der Waals surface area contributed by atoms with Crippen molar-refractivity contribution in [2.45, 2.75) is 45.0 Å². The molecule has 2 aliphatic heterocycles. The van der Waals surface area contributed by atoms with Crippen LogP contribution in [0, 0.1) is 5.92 Å². The van der Waals surface area contributed by atoms with Gasteiger partial charge in [0.15, 0.2) is 5.82 Å². The number of halogens is 2. The second-order valence-corrected chi connectivity index (χ2v) is 12.0. The highest BCUT2D eigenvalue weighted by molar-refractivity contribution is 7.89. The molecule has 2 aromatic heterocycles. The van der Waals surface area contributed by atoms with E-state index in [1.54, 1.807) is 24.3 Å². The van der Waals surface area contributed by atoms with Crippen molar-refractivity contribution in [1.82, 2.24) is 24.2 Å². The summed E-state index contributed by atoms with van der Waals surface area (Å²) < 4.78 is 57.8. The number of alkyl halides is 2. The summed E-state index contributed by atoms with van der Waals surface area (Å²) in [5.41, 5.74) is 1.12. The number of aromatic nitrogens is 4. The molecule has 1 aromatic carbocycles. The lowest BCUT2D eigenvalue weighted by Gasteiger charge is -2.28. The van der Waals surface area contributed by atoms with Crippen molar-refractivity contribution in [1.29, 1.82) is 0 Å².